The van der Waals surface area contributed by atoms with Crippen LogP contribution < -0.4 is 10.1 Å². The molecule has 0 spiro atoms. The number of carbonyl (C=O) groups is 2. The Morgan fingerprint density at radius 1 is 0.941 bits per heavy atom. The number of ether oxygens (including phenoxy) is 2. The molecule has 1 amide bonds. The minimum atomic E-state index is -2.39. The van der Waals surface area contributed by atoms with Crippen LogP contribution in [0.4, 0.5) is 26.7 Å². The molecule has 3 atom stereocenters. The number of nitrogens with one attached hydrogen (secondary N) is 1. The smallest absolute Gasteiger partial charge is 0.408 e. The van der Waals surface area contributed by atoms with E-state index in [1.807, 2.05) is 0 Å². The molecule has 1 aromatic carbocycles. The van der Waals surface area contributed by atoms with E-state index in [1.54, 1.807) is 20.8 Å². The second-order valence-corrected chi connectivity index (χ2v) is 10.9. The number of hydrogen-bond donors (Lipinski definition) is 2. The Labute approximate surface area is 192 Å². The third kappa shape index (κ3) is 4.34. The lowest BCUT2D eigenvalue weighted by Crippen LogP contribution is -2.65. The molecule has 4 bridgehead atoms. The summed E-state index contributed by atoms with van der Waals surface area (Å²) >= 11 is 0. The average molecular weight is 491 g/mol. The maximum absolute atomic E-state index is 14.2. The number of halogens is 5. The molecule has 4 aliphatic rings. The van der Waals surface area contributed by atoms with Crippen molar-refractivity contribution in [3.63, 3.8) is 0 Å². The van der Waals surface area contributed by atoms with Crippen molar-refractivity contribution < 1.29 is 46.1 Å². The van der Waals surface area contributed by atoms with Gasteiger partial charge in [0.2, 0.25) is 34.8 Å². The molecular weight excluding hydrogens is 465 g/mol. The number of amides is 1. The van der Waals surface area contributed by atoms with Crippen LogP contribution in [0.1, 0.15) is 59.3 Å². The summed E-state index contributed by atoms with van der Waals surface area (Å²) in [5.41, 5.74) is -3.06. The molecule has 4 saturated carbocycles. The van der Waals surface area contributed by atoms with E-state index in [1.165, 1.54) is 0 Å². The topological polar surface area (TPSA) is 84.9 Å². The average Bonchev–Trinajstić information content (AvgIpc) is 2.69. The van der Waals surface area contributed by atoms with Crippen molar-refractivity contribution in [1.29, 1.82) is 0 Å². The molecule has 4 fully saturated rings. The number of esters is 1. The Hall–Kier alpha value is -2.43. The standard InChI is InChI=1S/C23H26F5NO5/c1-21(2,3)34-20(31)29-18(22-5-10-4-11(6-22)8-23(32,7-10)9-22)19(30)33-17-15(27)13(25)12(24)14(26)16(17)28/h10-11,18,32H,4-9H2,1-3H3,(H,29,31)/t10?,11?,18-,22?,23?/m1/s1. The predicted octanol–water partition coefficient (Wildman–Crippen LogP) is 4.51. The maximum Gasteiger partial charge on any atom is 0.408 e. The van der Waals surface area contributed by atoms with Crippen LogP contribution in [0.15, 0.2) is 0 Å². The lowest BCUT2D eigenvalue weighted by atomic mass is 9.46. The number of alkyl carbamates (subject to hydrolysis) is 1. The summed E-state index contributed by atoms with van der Waals surface area (Å²) in [6.07, 6.45) is 1.80. The van der Waals surface area contributed by atoms with Crippen LogP contribution in [0, 0.1) is 46.3 Å². The fourth-order valence-corrected chi connectivity index (χ4v) is 6.34. The second kappa shape index (κ2) is 8.07. The molecule has 0 aromatic heterocycles. The Morgan fingerprint density at radius 2 is 1.44 bits per heavy atom. The van der Waals surface area contributed by atoms with E-state index in [4.69, 9.17) is 9.47 Å². The van der Waals surface area contributed by atoms with E-state index in [2.05, 4.69) is 5.32 Å². The van der Waals surface area contributed by atoms with Gasteiger partial charge in [0.05, 0.1) is 5.60 Å². The lowest BCUT2D eigenvalue weighted by molar-refractivity contribution is -0.181. The summed E-state index contributed by atoms with van der Waals surface area (Å²) in [5, 5.41) is 13.4. The fourth-order valence-electron chi connectivity index (χ4n) is 6.34. The van der Waals surface area contributed by atoms with Gasteiger partial charge in [-0.3, -0.25) is 0 Å². The van der Waals surface area contributed by atoms with Gasteiger partial charge in [-0.2, -0.15) is 8.78 Å². The van der Waals surface area contributed by atoms with Gasteiger partial charge in [-0.05, 0) is 71.1 Å². The van der Waals surface area contributed by atoms with Crippen molar-refractivity contribution >= 4 is 12.1 Å². The number of carbonyl (C=O) groups excluding carboxylic acids is 2. The van der Waals surface area contributed by atoms with E-state index in [0.717, 1.165) is 6.42 Å². The van der Waals surface area contributed by atoms with E-state index in [-0.39, 0.29) is 18.3 Å². The van der Waals surface area contributed by atoms with Crippen LogP contribution in [0.2, 0.25) is 0 Å². The van der Waals surface area contributed by atoms with Crippen molar-refractivity contribution in [3.05, 3.63) is 29.1 Å². The molecule has 1 aromatic rings. The van der Waals surface area contributed by atoms with Crippen LogP contribution in [-0.2, 0) is 9.53 Å². The van der Waals surface area contributed by atoms with Crippen molar-refractivity contribution in [2.45, 2.75) is 76.5 Å². The molecule has 2 N–H and O–H groups in total. The zero-order chi connectivity index (χ0) is 25.2. The number of rotatable bonds is 4. The lowest BCUT2D eigenvalue weighted by Gasteiger charge is -2.61. The van der Waals surface area contributed by atoms with Gasteiger partial charge in [-0.25, -0.2) is 22.8 Å². The summed E-state index contributed by atoms with van der Waals surface area (Å²) in [7, 11) is 0. The van der Waals surface area contributed by atoms with Crippen LogP contribution >= 0.6 is 0 Å². The van der Waals surface area contributed by atoms with Crippen molar-refractivity contribution in [2.24, 2.45) is 17.3 Å². The van der Waals surface area contributed by atoms with E-state index in [9.17, 15) is 36.6 Å². The molecular formula is C23H26F5NO5. The third-order valence-electron chi connectivity index (χ3n) is 6.96. The summed E-state index contributed by atoms with van der Waals surface area (Å²) in [4.78, 5) is 25.8. The monoisotopic (exact) mass is 491 g/mol. The first kappa shape index (κ1) is 24.7. The van der Waals surface area contributed by atoms with Gasteiger partial charge in [0.25, 0.3) is 0 Å². The maximum atomic E-state index is 14.2. The molecule has 0 radical (unpaired) electrons. The first-order valence-corrected chi connectivity index (χ1v) is 11.1. The van der Waals surface area contributed by atoms with Crippen LogP contribution in [0.25, 0.3) is 0 Å². The first-order chi connectivity index (χ1) is 15.6. The van der Waals surface area contributed by atoms with Crippen molar-refractivity contribution in [2.75, 3.05) is 0 Å². The number of hydrogen-bond acceptors (Lipinski definition) is 5. The molecule has 0 heterocycles. The molecule has 0 aliphatic heterocycles. The van der Waals surface area contributed by atoms with Crippen LogP contribution in [0.5, 0.6) is 5.75 Å². The molecule has 4 aliphatic carbocycles. The van der Waals surface area contributed by atoms with Gasteiger partial charge in [0.1, 0.15) is 11.6 Å². The highest BCUT2D eigenvalue weighted by molar-refractivity contribution is 5.84. The molecule has 188 valence electrons. The van der Waals surface area contributed by atoms with E-state index in [0.29, 0.717) is 25.7 Å². The normalized spacial score (nSPS) is 30.7. The third-order valence-corrected chi connectivity index (χ3v) is 6.96. The molecule has 6 nitrogen and oxygen atoms in total. The van der Waals surface area contributed by atoms with Gasteiger partial charge in [0.15, 0.2) is 0 Å². The fraction of sp³-hybridized carbons (Fsp3) is 0.652. The zero-order valence-electron chi connectivity index (χ0n) is 18.9. The molecule has 2 unspecified atom stereocenters. The van der Waals surface area contributed by atoms with E-state index < -0.39 is 69.6 Å². The molecule has 5 rings (SSSR count). The Balaban J connectivity index is 1.70. The van der Waals surface area contributed by atoms with E-state index >= 15 is 0 Å². The highest BCUT2D eigenvalue weighted by atomic mass is 19.2. The Bertz CT molecular complexity index is 997. The summed E-state index contributed by atoms with van der Waals surface area (Å²) < 4.78 is 79.0. The summed E-state index contributed by atoms with van der Waals surface area (Å²) in [6.45, 7) is 4.76. The Kier molecular flexibility index (Phi) is 5.86. The minimum Gasteiger partial charge on any atom is -0.444 e. The number of aliphatic hydroxyl groups is 1. The van der Waals surface area contributed by atoms with Gasteiger partial charge in [-0.1, -0.05) is 0 Å². The predicted molar refractivity (Wildman–Crippen MR) is 107 cm³/mol. The van der Waals surface area contributed by atoms with Crippen molar-refractivity contribution in [3.8, 4) is 5.75 Å². The van der Waals surface area contributed by atoms with Gasteiger partial charge in [0, 0.05) is 5.41 Å². The minimum absolute atomic E-state index is 0.0520. The zero-order valence-corrected chi connectivity index (χ0v) is 18.9. The molecule has 0 saturated heterocycles. The van der Waals surface area contributed by atoms with Gasteiger partial charge < -0.3 is 19.9 Å². The quantitative estimate of drug-likeness (QED) is 0.213. The first-order valence-electron chi connectivity index (χ1n) is 11.1. The largest absolute Gasteiger partial charge is 0.444 e. The summed E-state index contributed by atoms with van der Waals surface area (Å²) in [6, 6.07) is -1.55. The number of benzene rings is 1. The summed E-state index contributed by atoms with van der Waals surface area (Å²) in [5.74, 6) is -14.6. The second-order valence-electron chi connectivity index (χ2n) is 10.9. The highest BCUT2D eigenvalue weighted by Gasteiger charge is 2.62. The van der Waals surface area contributed by atoms with Gasteiger partial charge >= 0.3 is 12.1 Å². The van der Waals surface area contributed by atoms with Gasteiger partial charge in [-0.15, -0.1) is 0 Å². The SMILES string of the molecule is CC(C)(C)OC(=O)N[C@H](C(=O)Oc1c(F)c(F)c(F)c(F)c1F)C12CC3CC(CC(O)(C3)C1)C2. The van der Waals surface area contributed by atoms with Crippen LogP contribution in [-0.4, -0.2) is 34.4 Å². The molecule has 11 heteroatoms. The molecule has 34 heavy (non-hydrogen) atoms. The highest BCUT2D eigenvalue weighted by Crippen LogP contribution is 2.63. The van der Waals surface area contributed by atoms with Crippen LogP contribution in [0.3, 0.4) is 0 Å². The van der Waals surface area contributed by atoms with Crippen molar-refractivity contribution in [1.82, 2.24) is 5.32 Å². The Morgan fingerprint density at radius 3 is 1.91 bits per heavy atom.